The summed E-state index contributed by atoms with van der Waals surface area (Å²) in [6.45, 7) is 22.9. The van der Waals surface area contributed by atoms with Gasteiger partial charge in [0, 0.05) is 36.5 Å². The van der Waals surface area contributed by atoms with Crippen LogP contribution in [-0.4, -0.2) is 131 Å². The normalized spacial score (nSPS) is 52.3. The fourth-order valence-electron chi connectivity index (χ4n) is 12.7. The summed E-state index contributed by atoms with van der Waals surface area (Å²) in [4.78, 5) is 11.8. The molecule has 0 spiro atoms. The Bertz CT molecular complexity index is 1550. The van der Waals surface area contributed by atoms with Gasteiger partial charge in [0.2, 0.25) is 0 Å². The molecule has 6 aliphatic heterocycles. The zero-order valence-electron chi connectivity index (χ0n) is 39.8. The van der Waals surface area contributed by atoms with Crippen molar-refractivity contribution >= 4 is 5.97 Å². The largest absolute Gasteiger partial charge is 0.481 e. The quantitative estimate of drug-likeness (QED) is 0.119. The molecule has 0 bridgehead atoms. The predicted octanol–water partition coefficient (Wildman–Crippen LogP) is 5.68. The Morgan fingerprint density at radius 1 is 0.742 bits per heavy atom. The van der Waals surface area contributed by atoms with Gasteiger partial charge >= 0.3 is 5.97 Å². The molecule has 6 aliphatic rings. The minimum Gasteiger partial charge on any atom is -0.481 e. The predicted molar refractivity (Wildman–Crippen MR) is 229 cm³/mol. The van der Waals surface area contributed by atoms with Gasteiger partial charge in [-0.1, -0.05) is 55.4 Å². The SMILES string of the molecule is CCC1OC(C2(C)CC(C)C(O)(C3(C)CCC(C(O)C4(O)OC(CC5(O)OC(C(C)C(O)CC6OC(C(C)C(=O)O)C(C)CC6C)CCC5C)C(C)CC4C)O3)O2)CCC1(C)O. The highest BCUT2D eigenvalue weighted by Gasteiger charge is 2.67. The van der Waals surface area contributed by atoms with Crippen LogP contribution in [0.25, 0.3) is 0 Å². The second-order valence-corrected chi connectivity index (χ2v) is 22.3. The molecule has 0 aliphatic carbocycles. The summed E-state index contributed by atoms with van der Waals surface area (Å²) < 4.78 is 39.2. The van der Waals surface area contributed by atoms with E-state index in [1.807, 2.05) is 55.4 Å². The van der Waals surface area contributed by atoms with Crippen molar-refractivity contribution in [1.29, 1.82) is 0 Å². The maximum atomic E-state index is 12.4. The van der Waals surface area contributed by atoms with Crippen LogP contribution in [-0.2, 0) is 33.2 Å². The first-order valence-electron chi connectivity index (χ1n) is 24.2. The molecule has 6 heterocycles. The molecule has 0 saturated carbocycles. The van der Waals surface area contributed by atoms with Crippen LogP contribution in [0.3, 0.4) is 0 Å². The third-order valence-corrected chi connectivity index (χ3v) is 17.3. The van der Waals surface area contributed by atoms with Gasteiger partial charge < -0.3 is 64.2 Å². The van der Waals surface area contributed by atoms with E-state index in [1.165, 1.54) is 0 Å². The first-order valence-corrected chi connectivity index (χ1v) is 24.2. The molecule has 6 rings (SSSR count). The number of carboxylic acid groups (broad SMARTS) is 1. The summed E-state index contributed by atoms with van der Waals surface area (Å²) in [7, 11) is 0. The first kappa shape index (κ1) is 50.4. The van der Waals surface area contributed by atoms with Crippen LogP contribution in [0.5, 0.6) is 0 Å². The number of aliphatic carboxylic acids is 1. The van der Waals surface area contributed by atoms with Gasteiger partial charge in [-0.3, -0.25) is 4.79 Å². The Morgan fingerprint density at radius 2 is 1.40 bits per heavy atom. The Hall–Kier alpha value is -1.01. The summed E-state index contributed by atoms with van der Waals surface area (Å²) >= 11 is 0. The zero-order valence-corrected chi connectivity index (χ0v) is 39.8. The molecule has 7 N–H and O–H groups in total. The average molecular weight is 885 g/mol. The highest BCUT2D eigenvalue weighted by atomic mass is 16.7. The lowest BCUT2D eigenvalue weighted by molar-refractivity contribution is -0.373. The average Bonchev–Trinajstić information content (AvgIpc) is 3.72. The van der Waals surface area contributed by atoms with E-state index in [1.54, 1.807) is 20.8 Å². The van der Waals surface area contributed by atoms with Crippen molar-refractivity contribution in [3.63, 3.8) is 0 Å². The first-order chi connectivity index (χ1) is 28.6. The highest BCUT2D eigenvalue weighted by molar-refractivity contribution is 5.70. The van der Waals surface area contributed by atoms with E-state index in [-0.39, 0.29) is 60.2 Å². The summed E-state index contributed by atoms with van der Waals surface area (Å²) in [6, 6.07) is 0. The third-order valence-electron chi connectivity index (χ3n) is 17.3. The molecule has 23 unspecified atom stereocenters. The lowest BCUT2D eigenvalue weighted by atomic mass is 9.75. The Kier molecular flexibility index (Phi) is 14.8. The summed E-state index contributed by atoms with van der Waals surface area (Å²) in [5.74, 6) is -8.34. The maximum Gasteiger partial charge on any atom is 0.308 e. The fourth-order valence-corrected chi connectivity index (χ4v) is 12.7. The maximum absolute atomic E-state index is 12.4. The second-order valence-electron chi connectivity index (χ2n) is 22.3. The molecule has 0 aromatic heterocycles. The van der Waals surface area contributed by atoms with Crippen LogP contribution >= 0.6 is 0 Å². The number of carboxylic acids is 1. The molecule has 14 heteroatoms. The van der Waals surface area contributed by atoms with Gasteiger partial charge in [0.25, 0.3) is 0 Å². The molecule has 0 radical (unpaired) electrons. The number of aliphatic hydroxyl groups is 6. The third kappa shape index (κ3) is 9.31. The monoisotopic (exact) mass is 885 g/mol. The van der Waals surface area contributed by atoms with Crippen molar-refractivity contribution in [3.8, 4) is 0 Å². The standard InChI is InChI=1S/C48H84O14/c1-13-38-43(10,53)18-17-39(58-38)44(11)23-30(7)48(56,62-44)45(12)19-16-35(59-45)41(50)47(55)29(6)21-26(3)37(61-47)24-46(54)28(5)14-15-34(60-46)31(8)33(49)22-36-25(2)20-27(4)40(57-36)32(9)42(51)52/h25-41,49-50,53-56H,13-24H2,1-12H3,(H,51,52). The molecule has 62 heavy (non-hydrogen) atoms. The van der Waals surface area contributed by atoms with E-state index in [9.17, 15) is 40.5 Å². The van der Waals surface area contributed by atoms with Crippen LogP contribution in [0, 0.1) is 47.3 Å². The minimum atomic E-state index is -2.03. The summed E-state index contributed by atoms with van der Waals surface area (Å²) in [5.41, 5.74) is -3.01. The number of hydrogen-bond donors (Lipinski definition) is 7. The van der Waals surface area contributed by atoms with E-state index in [0.29, 0.717) is 64.2 Å². The molecule has 6 fully saturated rings. The Labute approximate surface area is 370 Å². The van der Waals surface area contributed by atoms with E-state index >= 15 is 0 Å². The van der Waals surface area contributed by atoms with Gasteiger partial charge in [-0.15, -0.1) is 0 Å². The molecular formula is C48H84O14. The molecule has 6 saturated heterocycles. The van der Waals surface area contributed by atoms with Crippen molar-refractivity contribution in [2.24, 2.45) is 47.3 Å². The number of carbonyl (C=O) groups is 1. The second kappa shape index (κ2) is 18.2. The molecule has 23 atom stereocenters. The van der Waals surface area contributed by atoms with Crippen molar-refractivity contribution in [2.45, 2.75) is 249 Å². The molecule has 0 amide bonds. The number of aliphatic hydroxyl groups excluding tert-OH is 2. The van der Waals surface area contributed by atoms with Crippen LogP contribution in [0.1, 0.15) is 160 Å². The van der Waals surface area contributed by atoms with Crippen LogP contribution in [0.2, 0.25) is 0 Å². The molecule has 0 aromatic rings. The lowest BCUT2D eigenvalue weighted by Crippen LogP contribution is -2.63. The van der Waals surface area contributed by atoms with Crippen LogP contribution in [0.4, 0.5) is 0 Å². The topological polar surface area (TPSA) is 214 Å². The van der Waals surface area contributed by atoms with Crippen LogP contribution in [0.15, 0.2) is 0 Å². The lowest BCUT2D eigenvalue weighted by Gasteiger charge is -2.52. The smallest absolute Gasteiger partial charge is 0.308 e. The number of ether oxygens (including phenoxy) is 6. The zero-order chi connectivity index (χ0) is 46.1. The van der Waals surface area contributed by atoms with Crippen molar-refractivity contribution in [1.82, 2.24) is 0 Å². The Morgan fingerprint density at radius 3 is 2.05 bits per heavy atom. The fraction of sp³-hybridized carbons (Fsp3) is 0.979. The van der Waals surface area contributed by atoms with Crippen molar-refractivity contribution < 1.29 is 69.0 Å². The molecule has 360 valence electrons. The highest BCUT2D eigenvalue weighted by Crippen LogP contribution is 2.56. The van der Waals surface area contributed by atoms with Crippen molar-refractivity contribution in [2.75, 3.05) is 0 Å². The van der Waals surface area contributed by atoms with Crippen molar-refractivity contribution in [3.05, 3.63) is 0 Å². The molecule has 14 nitrogen and oxygen atoms in total. The van der Waals surface area contributed by atoms with Gasteiger partial charge in [-0.2, -0.15) is 0 Å². The van der Waals surface area contributed by atoms with E-state index in [4.69, 9.17) is 28.4 Å². The van der Waals surface area contributed by atoms with Gasteiger partial charge in [-0.05, 0) is 110 Å². The summed E-state index contributed by atoms with van der Waals surface area (Å²) in [5, 5.41) is 81.2. The number of hydrogen-bond acceptors (Lipinski definition) is 13. The van der Waals surface area contributed by atoms with E-state index in [2.05, 4.69) is 6.92 Å². The Balaban J connectivity index is 1.10. The van der Waals surface area contributed by atoms with Gasteiger partial charge in [0.15, 0.2) is 17.4 Å². The van der Waals surface area contributed by atoms with Crippen LogP contribution < -0.4 is 0 Å². The van der Waals surface area contributed by atoms with Gasteiger partial charge in [0.05, 0.1) is 66.0 Å². The number of rotatable bonds is 13. The van der Waals surface area contributed by atoms with Gasteiger partial charge in [0.1, 0.15) is 11.7 Å². The van der Waals surface area contributed by atoms with Gasteiger partial charge in [-0.25, -0.2) is 0 Å². The minimum absolute atomic E-state index is 0.0380. The van der Waals surface area contributed by atoms with E-state index < -0.39 is 88.6 Å². The summed E-state index contributed by atoms with van der Waals surface area (Å²) in [6.07, 6.45) is 0.0772. The molecular weight excluding hydrogens is 801 g/mol. The van der Waals surface area contributed by atoms with E-state index in [0.717, 1.165) is 6.42 Å². The molecule has 0 aromatic carbocycles.